The monoisotopic (exact) mass is 322 g/mol. The molecule has 0 spiro atoms. The van der Waals surface area contributed by atoms with Gasteiger partial charge in [0.15, 0.2) is 0 Å². The Morgan fingerprint density at radius 1 is 1.32 bits per heavy atom. The van der Waals surface area contributed by atoms with Crippen molar-refractivity contribution in [3.63, 3.8) is 0 Å². The second-order valence-electron chi connectivity index (χ2n) is 5.27. The average molecular weight is 323 g/mol. The Bertz CT molecular complexity index is 702. The van der Waals surface area contributed by atoms with E-state index in [1.54, 1.807) is 17.0 Å². The van der Waals surface area contributed by atoms with Crippen LogP contribution in [0.25, 0.3) is 10.9 Å². The predicted molar refractivity (Wildman–Crippen MR) is 82.4 cm³/mol. The van der Waals surface area contributed by atoms with Gasteiger partial charge in [0.05, 0.1) is 18.7 Å². The number of fused-ring (bicyclic) bond motifs is 1. The van der Waals surface area contributed by atoms with Crippen molar-refractivity contribution in [1.29, 1.82) is 0 Å². The number of rotatable bonds is 3. The number of amides is 1. The van der Waals surface area contributed by atoms with Crippen LogP contribution in [-0.2, 0) is 16.0 Å². The van der Waals surface area contributed by atoms with E-state index in [1.165, 1.54) is 12.1 Å². The number of morpholine rings is 1. The predicted octanol–water partition coefficient (Wildman–Crippen LogP) is 2.82. The summed E-state index contributed by atoms with van der Waals surface area (Å²) in [5.41, 5.74) is 1.41. The first-order chi connectivity index (χ1) is 10.6. The molecule has 0 atom stereocenters. The van der Waals surface area contributed by atoms with Gasteiger partial charge in [-0.25, -0.2) is 9.37 Å². The Morgan fingerprint density at radius 2 is 2.09 bits per heavy atom. The molecule has 1 aliphatic heterocycles. The maximum absolute atomic E-state index is 13.3. The molecule has 1 aliphatic rings. The van der Waals surface area contributed by atoms with E-state index in [9.17, 15) is 9.18 Å². The van der Waals surface area contributed by atoms with Crippen LogP contribution < -0.4 is 0 Å². The second kappa shape index (κ2) is 6.58. The molecule has 116 valence electrons. The third kappa shape index (κ3) is 3.36. The normalized spacial score (nSPS) is 15.3. The molecule has 22 heavy (non-hydrogen) atoms. The summed E-state index contributed by atoms with van der Waals surface area (Å²) >= 11 is 6.16. The zero-order chi connectivity index (χ0) is 15.5. The Kier molecular flexibility index (Phi) is 4.55. The molecule has 1 amide bonds. The van der Waals surface area contributed by atoms with Crippen LogP contribution in [0.3, 0.4) is 0 Å². The zero-order valence-corrected chi connectivity index (χ0v) is 12.8. The summed E-state index contributed by atoms with van der Waals surface area (Å²) in [5, 5.41) is 1.06. The van der Waals surface area contributed by atoms with Crippen molar-refractivity contribution < 1.29 is 13.9 Å². The first-order valence-corrected chi connectivity index (χ1v) is 7.61. The minimum Gasteiger partial charge on any atom is -0.378 e. The Morgan fingerprint density at radius 3 is 2.86 bits per heavy atom. The highest BCUT2D eigenvalue weighted by Gasteiger charge is 2.17. The van der Waals surface area contributed by atoms with Crippen molar-refractivity contribution in [2.45, 2.75) is 12.8 Å². The molecule has 0 unspecified atom stereocenters. The fourth-order valence-electron chi connectivity index (χ4n) is 2.56. The molecule has 0 aliphatic carbocycles. The number of halogens is 2. The molecule has 2 heterocycles. The number of hydrogen-bond donors (Lipinski definition) is 0. The number of carbonyl (C=O) groups excluding carboxylic acids is 1. The van der Waals surface area contributed by atoms with E-state index in [-0.39, 0.29) is 11.7 Å². The lowest BCUT2D eigenvalue weighted by Crippen LogP contribution is -2.40. The first kappa shape index (κ1) is 15.2. The van der Waals surface area contributed by atoms with Crippen LogP contribution in [0, 0.1) is 5.82 Å². The number of aromatic nitrogens is 1. The van der Waals surface area contributed by atoms with E-state index in [0.717, 1.165) is 5.56 Å². The number of aryl methyl sites for hydroxylation is 1. The summed E-state index contributed by atoms with van der Waals surface area (Å²) in [5.74, 6) is -0.231. The molecule has 0 saturated carbocycles. The smallest absolute Gasteiger partial charge is 0.223 e. The lowest BCUT2D eigenvalue weighted by molar-refractivity contribution is -0.135. The fourth-order valence-corrected chi connectivity index (χ4v) is 2.80. The molecule has 4 nitrogen and oxygen atoms in total. The van der Waals surface area contributed by atoms with Gasteiger partial charge in [-0.1, -0.05) is 11.6 Å². The van der Waals surface area contributed by atoms with E-state index in [1.807, 2.05) is 0 Å². The van der Waals surface area contributed by atoms with Crippen molar-refractivity contribution in [2.24, 2.45) is 0 Å². The summed E-state index contributed by atoms with van der Waals surface area (Å²) in [6.07, 6.45) is 0.858. The van der Waals surface area contributed by atoms with Crippen molar-refractivity contribution in [1.82, 2.24) is 9.88 Å². The molecular formula is C16H16ClFN2O2. The number of carbonyl (C=O) groups is 1. The van der Waals surface area contributed by atoms with Crippen LogP contribution >= 0.6 is 11.6 Å². The Balaban J connectivity index is 1.72. The minimum atomic E-state index is -0.313. The van der Waals surface area contributed by atoms with Gasteiger partial charge in [0, 0.05) is 24.9 Å². The van der Waals surface area contributed by atoms with Crippen LogP contribution in [-0.4, -0.2) is 42.1 Å². The van der Waals surface area contributed by atoms with Crippen LogP contribution in [0.5, 0.6) is 0 Å². The highest BCUT2D eigenvalue weighted by Crippen LogP contribution is 2.22. The van der Waals surface area contributed by atoms with Gasteiger partial charge in [0.2, 0.25) is 5.91 Å². The molecule has 6 heteroatoms. The van der Waals surface area contributed by atoms with Crippen LogP contribution in [0.4, 0.5) is 4.39 Å². The molecule has 1 fully saturated rings. The van der Waals surface area contributed by atoms with E-state index >= 15 is 0 Å². The van der Waals surface area contributed by atoms with Gasteiger partial charge >= 0.3 is 0 Å². The summed E-state index contributed by atoms with van der Waals surface area (Å²) in [6.45, 7) is 2.44. The van der Waals surface area contributed by atoms with Gasteiger partial charge in [0.25, 0.3) is 0 Å². The second-order valence-corrected chi connectivity index (χ2v) is 5.63. The van der Waals surface area contributed by atoms with Gasteiger partial charge in [-0.3, -0.25) is 4.79 Å². The number of hydrogen-bond acceptors (Lipinski definition) is 3. The molecule has 2 aromatic rings. The minimum absolute atomic E-state index is 0.0821. The summed E-state index contributed by atoms with van der Waals surface area (Å²) in [7, 11) is 0. The average Bonchev–Trinajstić information content (AvgIpc) is 2.54. The fraction of sp³-hybridized carbons (Fsp3) is 0.375. The number of pyridine rings is 1. The molecule has 0 N–H and O–H groups in total. The molecule has 1 aromatic carbocycles. The van der Waals surface area contributed by atoms with E-state index in [4.69, 9.17) is 16.3 Å². The number of benzene rings is 1. The van der Waals surface area contributed by atoms with Crippen molar-refractivity contribution in [2.75, 3.05) is 26.3 Å². The third-order valence-electron chi connectivity index (χ3n) is 3.77. The van der Waals surface area contributed by atoms with Crippen molar-refractivity contribution >= 4 is 28.4 Å². The summed E-state index contributed by atoms with van der Waals surface area (Å²) in [6, 6.07) is 6.18. The van der Waals surface area contributed by atoms with Crippen LogP contribution in [0.2, 0.25) is 5.15 Å². The van der Waals surface area contributed by atoms with E-state index in [2.05, 4.69) is 4.98 Å². The van der Waals surface area contributed by atoms with E-state index in [0.29, 0.717) is 55.2 Å². The largest absolute Gasteiger partial charge is 0.378 e. The molecule has 1 saturated heterocycles. The first-order valence-electron chi connectivity index (χ1n) is 7.24. The molecule has 3 rings (SSSR count). The van der Waals surface area contributed by atoms with Crippen molar-refractivity contribution in [3.8, 4) is 0 Å². The Labute approximate surface area is 132 Å². The van der Waals surface area contributed by atoms with Gasteiger partial charge in [-0.15, -0.1) is 0 Å². The van der Waals surface area contributed by atoms with Crippen molar-refractivity contribution in [3.05, 3.63) is 40.8 Å². The van der Waals surface area contributed by atoms with Gasteiger partial charge < -0.3 is 9.64 Å². The number of nitrogens with zero attached hydrogens (tertiary/aromatic N) is 2. The van der Waals surface area contributed by atoms with Gasteiger partial charge in [-0.05, 0) is 36.2 Å². The highest BCUT2D eigenvalue weighted by atomic mass is 35.5. The molecular weight excluding hydrogens is 307 g/mol. The highest BCUT2D eigenvalue weighted by molar-refractivity contribution is 6.30. The number of ether oxygens (including phenoxy) is 1. The Hall–Kier alpha value is -1.72. The maximum atomic E-state index is 13.3. The third-order valence-corrected chi connectivity index (χ3v) is 4.10. The lowest BCUT2D eigenvalue weighted by Gasteiger charge is -2.26. The maximum Gasteiger partial charge on any atom is 0.223 e. The summed E-state index contributed by atoms with van der Waals surface area (Å²) in [4.78, 5) is 18.2. The SMILES string of the molecule is O=C(CCc1cc2cc(F)ccc2nc1Cl)N1CCOCC1. The lowest BCUT2D eigenvalue weighted by atomic mass is 10.1. The molecule has 0 bridgehead atoms. The standard InChI is InChI=1S/C16H16ClFN2O2/c17-16-11(1-4-15(21)20-5-7-22-8-6-20)9-12-10-13(18)2-3-14(12)19-16/h2-3,9-10H,1,4-8H2. The zero-order valence-electron chi connectivity index (χ0n) is 12.0. The van der Waals surface area contributed by atoms with Crippen LogP contribution in [0.15, 0.2) is 24.3 Å². The van der Waals surface area contributed by atoms with Gasteiger partial charge in [-0.2, -0.15) is 0 Å². The summed E-state index contributed by atoms with van der Waals surface area (Å²) < 4.78 is 18.5. The topological polar surface area (TPSA) is 42.4 Å². The quantitative estimate of drug-likeness (QED) is 0.816. The van der Waals surface area contributed by atoms with Gasteiger partial charge in [0.1, 0.15) is 11.0 Å². The molecule has 1 aromatic heterocycles. The molecule has 0 radical (unpaired) electrons. The van der Waals surface area contributed by atoms with Crippen LogP contribution in [0.1, 0.15) is 12.0 Å². The van der Waals surface area contributed by atoms with E-state index < -0.39 is 0 Å².